The van der Waals surface area contributed by atoms with Crippen LogP contribution in [-0.4, -0.2) is 33.4 Å². The van der Waals surface area contributed by atoms with Gasteiger partial charge in [-0.15, -0.1) is 0 Å². The van der Waals surface area contributed by atoms with Crippen LogP contribution in [0.1, 0.15) is 16.2 Å². The summed E-state index contributed by atoms with van der Waals surface area (Å²) in [5.41, 5.74) is 0.755. The van der Waals surface area contributed by atoms with E-state index in [1.807, 2.05) is 48.5 Å². The maximum atomic E-state index is 12.2. The van der Waals surface area contributed by atoms with Gasteiger partial charge in [0.1, 0.15) is 5.82 Å². The van der Waals surface area contributed by atoms with Crippen molar-refractivity contribution in [3.05, 3.63) is 52.5 Å². The Balaban J connectivity index is 1.56. The molecule has 1 aliphatic heterocycles. The van der Waals surface area contributed by atoms with Crippen LogP contribution in [0.2, 0.25) is 0 Å². The van der Waals surface area contributed by atoms with E-state index in [2.05, 4.69) is 25.5 Å². The van der Waals surface area contributed by atoms with Gasteiger partial charge in [0, 0.05) is 48.0 Å². The molecule has 3 rings (SSSR count). The first kappa shape index (κ1) is 13.4. The number of rotatable bonds is 3. The second-order valence-corrected chi connectivity index (χ2v) is 6.13. The minimum atomic E-state index is 0.121. The Hall–Kier alpha value is -1.62. The number of likely N-dealkylation sites (tertiary alicyclic amines) is 1. The van der Waals surface area contributed by atoms with E-state index in [-0.39, 0.29) is 5.91 Å². The van der Waals surface area contributed by atoms with Crippen LogP contribution in [0.4, 0.5) is 0 Å². The molecule has 104 valence electrons. The van der Waals surface area contributed by atoms with E-state index in [4.69, 9.17) is 0 Å². The zero-order chi connectivity index (χ0) is 14.1. The number of aromatic nitrogens is 2. The molecule has 0 saturated carbocycles. The monoisotopic (exact) mass is 333 g/mol. The molecule has 1 aromatic carbocycles. The second-order valence-electron chi connectivity index (χ2n) is 5.21. The van der Waals surface area contributed by atoms with Crippen LogP contribution < -0.4 is 0 Å². The van der Waals surface area contributed by atoms with Gasteiger partial charge >= 0.3 is 0 Å². The molecular weight excluding hydrogens is 318 g/mol. The van der Waals surface area contributed by atoms with E-state index in [1.165, 1.54) is 0 Å². The van der Waals surface area contributed by atoms with Gasteiger partial charge in [-0.1, -0.05) is 15.9 Å². The van der Waals surface area contributed by atoms with Crippen molar-refractivity contribution in [2.45, 2.75) is 13.5 Å². The van der Waals surface area contributed by atoms with E-state index in [0.29, 0.717) is 5.92 Å². The minimum Gasteiger partial charge on any atom is -0.338 e. The summed E-state index contributed by atoms with van der Waals surface area (Å²) in [6, 6.07) is 7.53. The molecule has 0 N–H and O–H groups in total. The summed E-state index contributed by atoms with van der Waals surface area (Å²) in [4.78, 5) is 18.4. The normalized spacial score (nSPS) is 15.2. The molecule has 0 bridgehead atoms. The van der Waals surface area contributed by atoms with Gasteiger partial charge in [0.15, 0.2) is 0 Å². The number of hydrogen-bond acceptors (Lipinski definition) is 2. The van der Waals surface area contributed by atoms with E-state index in [0.717, 1.165) is 35.5 Å². The highest BCUT2D eigenvalue weighted by Crippen LogP contribution is 2.21. The van der Waals surface area contributed by atoms with Gasteiger partial charge in [0.05, 0.1) is 0 Å². The van der Waals surface area contributed by atoms with Crippen molar-refractivity contribution in [2.75, 3.05) is 13.1 Å². The third-order valence-electron chi connectivity index (χ3n) is 3.71. The highest BCUT2D eigenvalue weighted by atomic mass is 79.9. The van der Waals surface area contributed by atoms with Crippen molar-refractivity contribution >= 4 is 21.8 Å². The van der Waals surface area contributed by atoms with E-state index in [9.17, 15) is 4.79 Å². The Labute approximate surface area is 126 Å². The number of nitrogens with zero attached hydrogens (tertiary/aromatic N) is 3. The Morgan fingerprint density at radius 2 is 2.05 bits per heavy atom. The molecule has 1 saturated heterocycles. The summed E-state index contributed by atoms with van der Waals surface area (Å²) in [6.45, 7) is 4.60. The Kier molecular flexibility index (Phi) is 3.61. The number of imidazole rings is 1. The molecule has 0 atom stereocenters. The van der Waals surface area contributed by atoms with Gasteiger partial charge in [0.25, 0.3) is 5.91 Å². The predicted octanol–water partition coefficient (Wildman–Crippen LogP) is 2.73. The van der Waals surface area contributed by atoms with Gasteiger partial charge < -0.3 is 9.47 Å². The molecule has 0 spiro atoms. The summed E-state index contributed by atoms with van der Waals surface area (Å²) < 4.78 is 3.14. The summed E-state index contributed by atoms with van der Waals surface area (Å²) in [5.74, 6) is 1.68. The second kappa shape index (κ2) is 5.40. The SMILES string of the molecule is Cc1nccn1CC1CN(C(=O)c2ccc(Br)cc2)C1. The number of aryl methyl sites for hydroxylation is 1. The first-order valence-electron chi connectivity index (χ1n) is 6.66. The molecule has 1 amide bonds. The first-order chi connectivity index (χ1) is 9.63. The van der Waals surface area contributed by atoms with Gasteiger partial charge in [0.2, 0.25) is 0 Å². The Morgan fingerprint density at radius 3 is 2.65 bits per heavy atom. The van der Waals surface area contributed by atoms with Crippen LogP contribution in [0.3, 0.4) is 0 Å². The lowest BCUT2D eigenvalue weighted by molar-refractivity contribution is 0.0467. The average Bonchev–Trinajstić information content (AvgIpc) is 2.79. The van der Waals surface area contributed by atoms with E-state index < -0.39 is 0 Å². The average molecular weight is 334 g/mol. The number of halogens is 1. The highest BCUT2D eigenvalue weighted by Gasteiger charge is 2.31. The third-order valence-corrected chi connectivity index (χ3v) is 4.24. The van der Waals surface area contributed by atoms with Gasteiger partial charge in [-0.05, 0) is 31.2 Å². The fraction of sp³-hybridized carbons (Fsp3) is 0.333. The molecule has 0 unspecified atom stereocenters. The Morgan fingerprint density at radius 1 is 1.35 bits per heavy atom. The van der Waals surface area contributed by atoms with Crippen LogP contribution in [0.5, 0.6) is 0 Å². The molecule has 20 heavy (non-hydrogen) atoms. The summed E-state index contributed by atoms with van der Waals surface area (Å²) in [6.07, 6.45) is 3.81. The molecule has 1 aromatic heterocycles. The summed E-state index contributed by atoms with van der Waals surface area (Å²) in [5, 5.41) is 0. The number of carbonyl (C=O) groups is 1. The first-order valence-corrected chi connectivity index (χ1v) is 7.45. The molecule has 1 fully saturated rings. The van der Waals surface area contributed by atoms with Crippen molar-refractivity contribution in [2.24, 2.45) is 5.92 Å². The predicted molar refractivity (Wildman–Crippen MR) is 80.5 cm³/mol. The summed E-state index contributed by atoms with van der Waals surface area (Å²) >= 11 is 3.38. The van der Waals surface area contributed by atoms with Crippen molar-refractivity contribution in [1.82, 2.24) is 14.5 Å². The Bertz CT molecular complexity index is 614. The maximum absolute atomic E-state index is 12.2. The van der Waals surface area contributed by atoms with Crippen LogP contribution in [0.25, 0.3) is 0 Å². The molecule has 1 aliphatic rings. The van der Waals surface area contributed by atoms with Gasteiger partial charge in [-0.3, -0.25) is 4.79 Å². The van der Waals surface area contributed by atoms with E-state index in [1.54, 1.807) is 0 Å². The van der Waals surface area contributed by atoms with Gasteiger partial charge in [-0.2, -0.15) is 0 Å². The number of benzene rings is 1. The maximum Gasteiger partial charge on any atom is 0.253 e. The highest BCUT2D eigenvalue weighted by molar-refractivity contribution is 9.10. The lowest BCUT2D eigenvalue weighted by Crippen LogP contribution is -2.51. The van der Waals surface area contributed by atoms with Crippen LogP contribution in [-0.2, 0) is 6.54 Å². The molecule has 0 aliphatic carbocycles. The lowest BCUT2D eigenvalue weighted by atomic mass is 9.98. The smallest absolute Gasteiger partial charge is 0.253 e. The fourth-order valence-electron chi connectivity index (χ4n) is 2.50. The zero-order valence-corrected chi connectivity index (χ0v) is 12.9. The molecule has 0 radical (unpaired) electrons. The van der Waals surface area contributed by atoms with E-state index >= 15 is 0 Å². The number of hydrogen-bond donors (Lipinski definition) is 0. The quantitative estimate of drug-likeness (QED) is 0.866. The van der Waals surface area contributed by atoms with Crippen LogP contribution in [0, 0.1) is 12.8 Å². The number of carbonyl (C=O) groups excluding carboxylic acids is 1. The van der Waals surface area contributed by atoms with Crippen molar-refractivity contribution < 1.29 is 4.79 Å². The summed E-state index contributed by atoms with van der Waals surface area (Å²) in [7, 11) is 0. The molecule has 2 heterocycles. The van der Waals surface area contributed by atoms with Crippen molar-refractivity contribution in [3.63, 3.8) is 0 Å². The standard InChI is InChI=1S/C15H16BrN3O/c1-11-17-6-7-18(11)8-12-9-19(10-12)15(20)13-2-4-14(16)5-3-13/h2-7,12H,8-10H2,1H3. The third kappa shape index (κ3) is 2.63. The zero-order valence-electron chi connectivity index (χ0n) is 11.3. The van der Waals surface area contributed by atoms with Crippen molar-refractivity contribution in [1.29, 1.82) is 0 Å². The largest absolute Gasteiger partial charge is 0.338 e. The molecular formula is C15H16BrN3O. The minimum absolute atomic E-state index is 0.121. The molecule has 2 aromatic rings. The van der Waals surface area contributed by atoms with Crippen molar-refractivity contribution in [3.8, 4) is 0 Å². The topological polar surface area (TPSA) is 38.1 Å². The number of amides is 1. The molecule has 4 nitrogen and oxygen atoms in total. The molecule has 5 heteroatoms. The van der Waals surface area contributed by atoms with Crippen LogP contribution >= 0.6 is 15.9 Å². The van der Waals surface area contributed by atoms with Gasteiger partial charge in [-0.25, -0.2) is 4.98 Å². The lowest BCUT2D eigenvalue weighted by Gasteiger charge is -2.39. The van der Waals surface area contributed by atoms with Crippen LogP contribution in [0.15, 0.2) is 41.1 Å². The fourth-order valence-corrected chi connectivity index (χ4v) is 2.77.